The molecule has 1 unspecified atom stereocenters. The molecule has 5 heteroatoms. The molecule has 0 amide bonds. The molecular weight excluding hydrogens is 297 g/mol. The average Bonchev–Trinajstić information content (AvgIpc) is 2.32. The van der Waals surface area contributed by atoms with Crippen molar-refractivity contribution in [2.24, 2.45) is 0 Å². The standard InChI is InChI=1S/C12H16Cl3NS/c1-8(17-2)5-6-16-7-9-10(13)3-4-11(14)12(9)15/h3-4,8,16H,5-7H2,1-2H3. The third kappa shape index (κ3) is 4.88. The molecule has 0 fully saturated rings. The van der Waals surface area contributed by atoms with E-state index in [1.165, 1.54) is 0 Å². The van der Waals surface area contributed by atoms with Crippen LogP contribution in [0.2, 0.25) is 15.1 Å². The Bertz CT molecular complexity index is 371. The van der Waals surface area contributed by atoms with Crippen molar-refractivity contribution in [3.05, 3.63) is 32.8 Å². The van der Waals surface area contributed by atoms with Crippen molar-refractivity contribution in [1.29, 1.82) is 0 Å². The van der Waals surface area contributed by atoms with Crippen LogP contribution < -0.4 is 5.32 Å². The van der Waals surface area contributed by atoms with E-state index in [1.807, 2.05) is 11.8 Å². The molecule has 0 aromatic heterocycles. The van der Waals surface area contributed by atoms with Crippen molar-refractivity contribution < 1.29 is 0 Å². The first-order valence-corrected chi connectivity index (χ1v) is 7.84. The van der Waals surface area contributed by atoms with Crippen molar-refractivity contribution in [2.75, 3.05) is 12.8 Å². The Labute approximate surface area is 122 Å². The van der Waals surface area contributed by atoms with Gasteiger partial charge in [0.05, 0.1) is 10.0 Å². The predicted molar refractivity (Wildman–Crippen MR) is 80.8 cm³/mol. The molecule has 1 atom stereocenters. The van der Waals surface area contributed by atoms with Crippen LogP contribution in [-0.2, 0) is 6.54 Å². The van der Waals surface area contributed by atoms with Crippen molar-refractivity contribution in [2.45, 2.75) is 25.1 Å². The molecule has 96 valence electrons. The summed E-state index contributed by atoms with van der Waals surface area (Å²) in [7, 11) is 0. The van der Waals surface area contributed by atoms with Crippen LogP contribution in [0.5, 0.6) is 0 Å². The maximum absolute atomic E-state index is 6.11. The van der Waals surface area contributed by atoms with Crippen molar-refractivity contribution in [3.8, 4) is 0 Å². The largest absolute Gasteiger partial charge is 0.313 e. The van der Waals surface area contributed by atoms with E-state index in [-0.39, 0.29) is 0 Å². The molecule has 0 spiro atoms. The summed E-state index contributed by atoms with van der Waals surface area (Å²) in [6, 6.07) is 3.49. The van der Waals surface area contributed by atoms with E-state index in [0.717, 1.165) is 18.5 Å². The van der Waals surface area contributed by atoms with E-state index < -0.39 is 0 Å². The number of benzene rings is 1. The Hall–Kier alpha value is 0.400. The van der Waals surface area contributed by atoms with E-state index in [2.05, 4.69) is 18.5 Å². The zero-order chi connectivity index (χ0) is 12.8. The Kier molecular flexibility index (Phi) is 7.05. The van der Waals surface area contributed by atoms with Crippen LogP contribution in [0, 0.1) is 0 Å². The molecule has 0 aliphatic heterocycles. The van der Waals surface area contributed by atoms with Gasteiger partial charge in [-0.1, -0.05) is 41.7 Å². The van der Waals surface area contributed by atoms with Gasteiger partial charge in [-0.15, -0.1) is 0 Å². The first-order chi connectivity index (χ1) is 8.06. The van der Waals surface area contributed by atoms with E-state index >= 15 is 0 Å². The van der Waals surface area contributed by atoms with Crippen LogP contribution in [-0.4, -0.2) is 18.1 Å². The summed E-state index contributed by atoms with van der Waals surface area (Å²) in [5.41, 5.74) is 0.873. The quantitative estimate of drug-likeness (QED) is 0.593. The molecule has 1 nitrogen and oxygen atoms in total. The maximum atomic E-state index is 6.11. The monoisotopic (exact) mass is 311 g/mol. The van der Waals surface area contributed by atoms with Crippen LogP contribution in [0.1, 0.15) is 18.9 Å². The molecule has 0 saturated carbocycles. The van der Waals surface area contributed by atoms with Crippen molar-refractivity contribution >= 4 is 46.6 Å². The van der Waals surface area contributed by atoms with E-state index in [4.69, 9.17) is 34.8 Å². The highest BCUT2D eigenvalue weighted by molar-refractivity contribution is 7.99. The molecule has 1 N–H and O–H groups in total. The Morgan fingerprint density at radius 2 is 1.88 bits per heavy atom. The number of hydrogen-bond acceptors (Lipinski definition) is 2. The fourth-order valence-electron chi connectivity index (χ4n) is 1.37. The summed E-state index contributed by atoms with van der Waals surface area (Å²) in [6.45, 7) is 3.81. The molecule has 17 heavy (non-hydrogen) atoms. The zero-order valence-electron chi connectivity index (χ0n) is 9.90. The fourth-order valence-corrected chi connectivity index (χ4v) is 2.40. The minimum absolute atomic E-state index is 0.546. The molecule has 0 aliphatic rings. The second kappa shape index (κ2) is 7.75. The average molecular weight is 313 g/mol. The molecule has 1 aromatic carbocycles. The molecule has 0 saturated heterocycles. The second-order valence-electron chi connectivity index (χ2n) is 3.83. The van der Waals surface area contributed by atoms with Gasteiger partial charge in [-0.2, -0.15) is 11.8 Å². The van der Waals surface area contributed by atoms with E-state index in [1.54, 1.807) is 12.1 Å². The van der Waals surface area contributed by atoms with Crippen LogP contribution in [0.15, 0.2) is 12.1 Å². The van der Waals surface area contributed by atoms with Gasteiger partial charge < -0.3 is 5.32 Å². The van der Waals surface area contributed by atoms with Crippen LogP contribution in [0.25, 0.3) is 0 Å². The number of rotatable bonds is 6. The summed E-state index contributed by atoms with van der Waals surface area (Å²) in [6.07, 6.45) is 3.24. The van der Waals surface area contributed by atoms with Crippen LogP contribution in [0.3, 0.4) is 0 Å². The van der Waals surface area contributed by atoms with E-state index in [0.29, 0.717) is 26.9 Å². The Balaban J connectivity index is 2.49. The lowest BCUT2D eigenvalue weighted by Gasteiger charge is -2.11. The van der Waals surface area contributed by atoms with Gasteiger partial charge in [0.1, 0.15) is 0 Å². The number of halogens is 3. The fraction of sp³-hybridized carbons (Fsp3) is 0.500. The first kappa shape index (κ1) is 15.5. The second-order valence-corrected chi connectivity index (χ2v) is 6.30. The number of hydrogen-bond donors (Lipinski definition) is 1. The topological polar surface area (TPSA) is 12.0 Å². The summed E-state index contributed by atoms with van der Waals surface area (Å²) in [5, 5.41) is 5.74. The van der Waals surface area contributed by atoms with Gasteiger partial charge in [0.25, 0.3) is 0 Å². The minimum atomic E-state index is 0.546. The summed E-state index contributed by atoms with van der Waals surface area (Å²) in [5.74, 6) is 0. The normalized spacial score (nSPS) is 12.8. The zero-order valence-corrected chi connectivity index (χ0v) is 13.0. The number of nitrogens with one attached hydrogen (secondary N) is 1. The highest BCUT2D eigenvalue weighted by Gasteiger charge is 2.09. The lowest BCUT2D eigenvalue weighted by Crippen LogP contribution is -2.18. The molecule has 1 aromatic rings. The Morgan fingerprint density at radius 3 is 2.53 bits per heavy atom. The van der Waals surface area contributed by atoms with Crippen molar-refractivity contribution in [3.63, 3.8) is 0 Å². The third-order valence-electron chi connectivity index (χ3n) is 2.57. The van der Waals surface area contributed by atoms with Gasteiger partial charge in [0, 0.05) is 22.4 Å². The SMILES string of the molecule is CSC(C)CCNCc1c(Cl)ccc(Cl)c1Cl. The lowest BCUT2D eigenvalue weighted by atomic mass is 10.2. The van der Waals surface area contributed by atoms with Gasteiger partial charge >= 0.3 is 0 Å². The lowest BCUT2D eigenvalue weighted by molar-refractivity contribution is 0.648. The van der Waals surface area contributed by atoms with Gasteiger partial charge in [-0.3, -0.25) is 0 Å². The molecule has 0 heterocycles. The van der Waals surface area contributed by atoms with Crippen LogP contribution >= 0.6 is 46.6 Å². The molecule has 1 rings (SSSR count). The van der Waals surface area contributed by atoms with E-state index in [9.17, 15) is 0 Å². The summed E-state index contributed by atoms with van der Waals surface area (Å²) < 4.78 is 0. The molecule has 0 aliphatic carbocycles. The van der Waals surface area contributed by atoms with Gasteiger partial charge in [-0.05, 0) is 31.4 Å². The third-order valence-corrected chi connectivity index (χ3v) is 4.81. The van der Waals surface area contributed by atoms with Gasteiger partial charge in [0.2, 0.25) is 0 Å². The first-order valence-electron chi connectivity index (χ1n) is 5.42. The smallest absolute Gasteiger partial charge is 0.0652 e. The number of thioether (sulfide) groups is 1. The summed E-state index contributed by atoms with van der Waals surface area (Å²) >= 11 is 20.0. The Morgan fingerprint density at radius 1 is 1.24 bits per heavy atom. The van der Waals surface area contributed by atoms with Gasteiger partial charge in [0.15, 0.2) is 0 Å². The molecular formula is C12H16Cl3NS. The molecule has 0 bridgehead atoms. The van der Waals surface area contributed by atoms with Gasteiger partial charge in [-0.25, -0.2) is 0 Å². The minimum Gasteiger partial charge on any atom is -0.313 e. The highest BCUT2D eigenvalue weighted by atomic mass is 35.5. The highest BCUT2D eigenvalue weighted by Crippen LogP contribution is 2.31. The van der Waals surface area contributed by atoms with Crippen LogP contribution in [0.4, 0.5) is 0 Å². The summed E-state index contributed by atoms with van der Waals surface area (Å²) in [4.78, 5) is 0. The molecule has 0 radical (unpaired) electrons. The van der Waals surface area contributed by atoms with Crippen molar-refractivity contribution in [1.82, 2.24) is 5.32 Å². The predicted octanol–water partition coefficient (Wildman–Crippen LogP) is 4.88. The maximum Gasteiger partial charge on any atom is 0.0652 e.